The van der Waals surface area contributed by atoms with Crippen LogP contribution < -0.4 is 10.2 Å². The molecule has 33 heavy (non-hydrogen) atoms. The van der Waals surface area contributed by atoms with Crippen molar-refractivity contribution in [1.82, 2.24) is 4.98 Å². The molecule has 0 atom stereocenters. The fraction of sp³-hybridized carbons (Fsp3) is 0.240. The highest BCUT2D eigenvalue weighted by Gasteiger charge is 2.16. The number of hydrogen-bond acceptors (Lipinski definition) is 6. The van der Waals surface area contributed by atoms with Crippen LogP contribution in [0.1, 0.15) is 28.5 Å². The number of aryl methyl sites for hydroxylation is 1. The van der Waals surface area contributed by atoms with Gasteiger partial charge in [-0.25, -0.2) is 4.39 Å². The highest BCUT2D eigenvalue weighted by Crippen LogP contribution is 2.26. The van der Waals surface area contributed by atoms with E-state index in [2.05, 4.69) is 15.5 Å². The first-order valence-electron chi connectivity index (χ1n) is 10.7. The predicted molar refractivity (Wildman–Crippen MR) is 126 cm³/mol. The summed E-state index contributed by atoms with van der Waals surface area (Å²) in [6, 6.07) is 13.7. The number of oxime groups is 1. The molecule has 1 amide bonds. The summed E-state index contributed by atoms with van der Waals surface area (Å²) in [7, 11) is 0. The first kappa shape index (κ1) is 22.4. The van der Waals surface area contributed by atoms with Crippen LogP contribution in [0.3, 0.4) is 0 Å². The van der Waals surface area contributed by atoms with E-state index in [0.717, 1.165) is 22.4 Å². The van der Waals surface area contributed by atoms with E-state index in [1.54, 1.807) is 19.2 Å². The molecule has 0 unspecified atom stereocenters. The number of anilines is 2. The molecular formula is C25H25FN4O3. The molecule has 1 aromatic heterocycles. The minimum Gasteiger partial charge on any atom is -0.411 e. The van der Waals surface area contributed by atoms with Crippen LogP contribution >= 0.6 is 0 Å². The van der Waals surface area contributed by atoms with E-state index in [-0.39, 0.29) is 5.56 Å². The maximum absolute atomic E-state index is 14.3. The van der Waals surface area contributed by atoms with Gasteiger partial charge in [-0.05, 0) is 49.2 Å². The van der Waals surface area contributed by atoms with Crippen LogP contribution in [0, 0.1) is 12.7 Å². The van der Waals surface area contributed by atoms with Crippen LogP contribution in [0.5, 0.6) is 0 Å². The molecule has 2 N–H and O–H groups in total. The summed E-state index contributed by atoms with van der Waals surface area (Å²) in [6.45, 7) is 6.05. The van der Waals surface area contributed by atoms with Crippen molar-refractivity contribution >= 4 is 23.0 Å². The maximum Gasteiger partial charge on any atom is 0.255 e. The molecule has 0 spiro atoms. The summed E-state index contributed by atoms with van der Waals surface area (Å²) in [4.78, 5) is 19.3. The third-order valence-corrected chi connectivity index (χ3v) is 5.63. The lowest BCUT2D eigenvalue weighted by molar-refractivity contribution is 0.102. The van der Waals surface area contributed by atoms with Crippen LogP contribution in [-0.2, 0) is 4.74 Å². The Morgan fingerprint density at radius 1 is 1.12 bits per heavy atom. The number of amides is 1. The molecule has 170 valence electrons. The van der Waals surface area contributed by atoms with Crippen molar-refractivity contribution in [3.63, 3.8) is 0 Å². The second-order valence-electron chi connectivity index (χ2n) is 7.87. The van der Waals surface area contributed by atoms with Gasteiger partial charge in [-0.3, -0.25) is 9.78 Å². The molecule has 4 rings (SSSR count). The van der Waals surface area contributed by atoms with E-state index in [1.165, 1.54) is 12.1 Å². The number of ether oxygens (including phenoxy) is 1. The molecule has 2 heterocycles. The molecular weight excluding hydrogens is 423 g/mol. The summed E-state index contributed by atoms with van der Waals surface area (Å²) < 4.78 is 19.6. The zero-order valence-corrected chi connectivity index (χ0v) is 18.5. The minimum absolute atomic E-state index is 0.238. The van der Waals surface area contributed by atoms with E-state index < -0.39 is 11.7 Å². The second-order valence-corrected chi connectivity index (χ2v) is 7.87. The molecule has 7 nitrogen and oxygen atoms in total. The average molecular weight is 448 g/mol. The van der Waals surface area contributed by atoms with Gasteiger partial charge in [0.25, 0.3) is 5.91 Å². The largest absolute Gasteiger partial charge is 0.411 e. The molecule has 0 radical (unpaired) electrons. The van der Waals surface area contributed by atoms with Gasteiger partial charge in [-0.2, -0.15) is 0 Å². The van der Waals surface area contributed by atoms with E-state index in [4.69, 9.17) is 9.94 Å². The molecule has 1 fully saturated rings. The van der Waals surface area contributed by atoms with Gasteiger partial charge in [0.2, 0.25) is 0 Å². The van der Waals surface area contributed by atoms with Gasteiger partial charge in [0.05, 0.1) is 30.8 Å². The Hall–Kier alpha value is -3.78. The summed E-state index contributed by atoms with van der Waals surface area (Å²) >= 11 is 0. The van der Waals surface area contributed by atoms with Gasteiger partial charge in [-0.15, -0.1) is 0 Å². The van der Waals surface area contributed by atoms with E-state index in [1.807, 2.05) is 42.2 Å². The Morgan fingerprint density at radius 2 is 1.85 bits per heavy atom. The van der Waals surface area contributed by atoms with Gasteiger partial charge in [-0.1, -0.05) is 29.4 Å². The minimum atomic E-state index is -0.464. The number of carbonyl (C=O) groups excluding carboxylic acids is 1. The van der Waals surface area contributed by atoms with Gasteiger partial charge in [0, 0.05) is 35.6 Å². The third-order valence-electron chi connectivity index (χ3n) is 5.63. The molecule has 3 aromatic rings. The number of pyridine rings is 1. The third kappa shape index (κ3) is 5.18. The van der Waals surface area contributed by atoms with Crippen molar-refractivity contribution in [2.75, 3.05) is 36.5 Å². The van der Waals surface area contributed by atoms with E-state index >= 15 is 0 Å². The smallest absolute Gasteiger partial charge is 0.255 e. The van der Waals surface area contributed by atoms with Crippen molar-refractivity contribution in [1.29, 1.82) is 0 Å². The number of morpholine rings is 1. The Kier molecular flexibility index (Phi) is 6.65. The lowest BCUT2D eigenvalue weighted by atomic mass is 10.0. The molecule has 1 aliphatic heterocycles. The molecule has 0 saturated carbocycles. The van der Waals surface area contributed by atoms with Crippen LogP contribution in [0.15, 0.2) is 59.9 Å². The number of benzene rings is 2. The van der Waals surface area contributed by atoms with E-state index in [9.17, 15) is 9.18 Å². The summed E-state index contributed by atoms with van der Waals surface area (Å²) in [5, 5.41) is 15.0. The zero-order valence-electron chi connectivity index (χ0n) is 18.5. The van der Waals surface area contributed by atoms with Crippen molar-refractivity contribution in [3.05, 3.63) is 77.4 Å². The zero-order chi connectivity index (χ0) is 23.4. The average Bonchev–Trinajstić information content (AvgIpc) is 2.85. The maximum atomic E-state index is 14.3. The number of nitrogens with zero attached hydrogens (tertiary/aromatic N) is 3. The van der Waals surface area contributed by atoms with Crippen LogP contribution in [0.2, 0.25) is 0 Å². The van der Waals surface area contributed by atoms with Gasteiger partial charge < -0.3 is 20.2 Å². The summed E-state index contributed by atoms with van der Waals surface area (Å²) in [5.41, 5.74) is 5.29. The second kappa shape index (κ2) is 9.79. The Morgan fingerprint density at radius 3 is 2.55 bits per heavy atom. The monoisotopic (exact) mass is 448 g/mol. The number of nitrogens with one attached hydrogen (secondary N) is 1. The van der Waals surface area contributed by atoms with Gasteiger partial charge in [0.15, 0.2) is 0 Å². The number of aromatic nitrogens is 1. The number of halogens is 1. The molecule has 8 heteroatoms. The lowest BCUT2D eigenvalue weighted by Crippen LogP contribution is -2.36. The Bertz CT molecular complexity index is 1190. The molecule has 1 saturated heterocycles. The first-order valence-corrected chi connectivity index (χ1v) is 10.7. The van der Waals surface area contributed by atoms with E-state index in [0.29, 0.717) is 43.4 Å². The van der Waals surface area contributed by atoms with Crippen LogP contribution in [-0.4, -0.2) is 48.1 Å². The fourth-order valence-corrected chi connectivity index (χ4v) is 3.76. The molecule has 1 aliphatic rings. The molecule has 0 bridgehead atoms. The number of rotatable bonds is 5. The summed E-state index contributed by atoms with van der Waals surface area (Å²) in [5.74, 6) is -0.876. The highest BCUT2D eigenvalue weighted by atomic mass is 19.1. The number of carbonyl (C=O) groups is 1. The van der Waals surface area contributed by atoms with Crippen molar-refractivity contribution in [3.8, 4) is 11.1 Å². The van der Waals surface area contributed by atoms with Crippen molar-refractivity contribution < 1.29 is 19.1 Å². The topological polar surface area (TPSA) is 87.1 Å². The van der Waals surface area contributed by atoms with Gasteiger partial charge in [0.1, 0.15) is 5.82 Å². The SMILES string of the molecule is C/C(=N\O)c1ccc(-c2cc(NC(=O)c3cc(F)cc(N4CCOCC4)c3)cnc2C)cc1. The quantitative estimate of drug-likeness (QED) is 0.341. The number of hydrogen-bond donors (Lipinski definition) is 2. The Labute approximate surface area is 191 Å². The Balaban J connectivity index is 1.56. The predicted octanol–water partition coefficient (Wildman–Crippen LogP) is 4.48. The van der Waals surface area contributed by atoms with Crippen LogP contribution in [0.4, 0.5) is 15.8 Å². The molecule has 0 aliphatic carbocycles. The highest BCUT2D eigenvalue weighted by molar-refractivity contribution is 6.05. The fourth-order valence-electron chi connectivity index (χ4n) is 3.76. The standard InChI is InChI=1S/C25H25FN4O3/c1-16(29-32)18-3-5-19(6-4-18)24-14-22(15-27-17(24)2)28-25(31)20-11-21(26)13-23(12-20)30-7-9-33-10-8-30/h3-6,11-15,32H,7-10H2,1-2H3,(H,28,31)/b29-16+. The lowest BCUT2D eigenvalue weighted by Gasteiger charge is -2.29. The normalized spacial score (nSPS) is 14.3. The van der Waals surface area contributed by atoms with Crippen molar-refractivity contribution in [2.45, 2.75) is 13.8 Å². The first-order chi connectivity index (χ1) is 15.9. The van der Waals surface area contributed by atoms with Crippen LogP contribution in [0.25, 0.3) is 11.1 Å². The van der Waals surface area contributed by atoms with Gasteiger partial charge >= 0.3 is 0 Å². The molecule has 2 aromatic carbocycles. The summed E-state index contributed by atoms with van der Waals surface area (Å²) in [6.07, 6.45) is 1.58. The van der Waals surface area contributed by atoms with Crippen molar-refractivity contribution in [2.24, 2.45) is 5.16 Å².